The Morgan fingerprint density at radius 3 is 1.81 bits per heavy atom. The molecule has 4 rings (SSSR count). The number of esters is 3. The summed E-state index contributed by atoms with van der Waals surface area (Å²) in [5.74, 6) is -1.77. The van der Waals surface area contributed by atoms with Gasteiger partial charge in [-0.15, -0.1) is 0 Å². The van der Waals surface area contributed by atoms with E-state index in [-0.39, 0.29) is 13.0 Å². The lowest BCUT2D eigenvalue weighted by Crippen LogP contribution is -2.43. The molecular weight excluding hydrogens is 464 g/mol. The van der Waals surface area contributed by atoms with E-state index in [4.69, 9.17) is 23.7 Å². The minimum absolute atomic E-state index is 0.214. The lowest BCUT2D eigenvalue weighted by Gasteiger charge is -2.27. The van der Waals surface area contributed by atoms with Gasteiger partial charge in [0, 0.05) is 13.5 Å². The molecule has 8 heteroatoms. The third-order valence-corrected chi connectivity index (χ3v) is 5.65. The maximum Gasteiger partial charge on any atom is 0.338 e. The van der Waals surface area contributed by atoms with Gasteiger partial charge in [-0.3, -0.25) is 0 Å². The number of hydrogen-bond acceptors (Lipinski definition) is 8. The van der Waals surface area contributed by atoms with Crippen molar-refractivity contribution >= 4 is 17.9 Å². The first kappa shape index (κ1) is 25.1. The molecule has 1 aliphatic rings. The average molecular weight is 491 g/mol. The zero-order chi connectivity index (χ0) is 25.3. The second-order valence-electron chi connectivity index (χ2n) is 8.09. The van der Waals surface area contributed by atoms with Gasteiger partial charge in [-0.1, -0.05) is 54.6 Å². The average Bonchev–Trinajstić information content (AvgIpc) is 3.34. The molecular formula is C28H26O8. The predicted molar refractivity (Wildman–Crippen MR) is 128 cm³/mol. The molecule has 0 radical (unpaired) electrons. The lowest BCUT2D eigenvalue weighted by atomic mass is 10.1. The number of hydrogen-bond donors (Lipinski definition) is 0. The molecule has 0 bridgehead atoms. The molecule has 0 aliphatic carbocycles. The summed E-state index contributed by atoms with van der Waals surface area (Å²) in [6, 6.07) is 25.4. The Morgan fingerprint density at radius 2 is 1.28 bits per heavy atom. The van der Waals surface area contributed by atoms with E-state index in [1.165, 1.54) is 7.11 Å². The number of carbonyl (C=O) groups is 3. The van der Waals surface area contributed by atoms with E-state index in [1.54, 1.807) is 91.0 Å². The fourth-order valence-electron chi connectivity index (χ4n) is 3.81. The molecule has 0 unspecified atom stereocenters. The third-order valence-electron chi connectivity index (χ3n) is 5.65. The minimum atomic E-state index is -1.07. The zero-order valence-electron chi connectivity index (χ0n) is 19.6. The first-order valence-corrected chi connectivity index (χ1v) is 11.5. The van der Waals surface area contributed by atoms with Crippen molar-refractivity contribution in [3.63, 3.8) is 0 Å². The summed E-state index contributed by atoms with van der Waals surface area (Å²) in [6.07, 6.45) is -3.30. The zero-order valence-corrected chi connectivity index (χ0v) is 19.6. The van der Waals surface area contributed by atoms with Crippen LogP contribution in [0.25, 0.3) is 0 Å². The van der Waals surface area contributed by atoms with Gasteiger partial charge >= 0.3 is 17.9 Å². The first-order valence-electron chi connectivity index (χ1n) is 11.5. The van der Waals surface area contributed by atoms with Crippen LogP contribution < -0.4 is 0 Å². The monoisotopic (exact) mass is 490 g/mol. The van der Waals surface area contributed by atoms with Crippen LogP contribution in [0.4, 0.5) is 0 Å². The van der Waals surface area contributed by atoms with Gasteiger partial charge in [0.25, 0.3) is 0 Å². The molecule has 0 amide bonds. The molecule has 8 nitrogen and oxygen atoms in total. The second kappa shape index (κ2) is 12.1. The quantitative estimate of drug-likeness (QED) is 0.327. The Kier molecular flexibility index (Phi) is 8.44. The molecule has 4 atom stereocenters. The predicted octanol–water partition coefficient (Wildman–Crippen LogP) is 4.06. The highest BCUT2D eigenvalue weighted by atomic mass is 16.7. The Morgan fingerprint density at radius 1 is 0.778 bits per heavy atom. The maximum absolute atomic E-state index is 12.9. The molecule has 0 spiro atoms. The van der Waals surface area contributed by atoms with Crippen molar-refractivity contribution in [3.8, 4) is 0 Å². The molecule has 0 aromatic heterocycles. The Labute approximate surface area is 208 Å². The number of benzene rings is 3. The molecule has 1 aliphatic heterocycles. The van der Waals surface area contributed by atoms with Crippen LogP contribution in [0.3, 0.4) is 0 Å². The highest BCUT2D eigenvalue weighted by Crippen LogP contribution is 2.29. The van der Waals surface area contributed by atoms with Crippen LogP contribution in [0.1, 0.15) is 37.5 Å². The van der Waals surface area contributed by atoms with Crippen LogP contribution >= 0.6 is 0 Å². The van der Waals surface area contributed by atoms with E-state index < -0.39 is 42.5 Å². The van der Waals surface area contributed by atoms with Gasteiger partial charge in [-0.25, -0.2) is 14.4 Å². The van der Waals surface area contributed by atoms with Gasteiger partial charge in [0.05, 0.1) is 16.7 Å². The van der Waals surface area contributed by atoms with Crippen LogP contribution in [0, 0.1) is 0 Å². The molecule has 0 saturated carbocycles. The normalized spacial score (nSPS) is 19.8. The van der Waals surface area contributed by atoms with E-state index in [0.29, 0.717) is 16.7 Å². The van der Waals surface area contributed by atoms with Crippen molar-refractivity contribution in [2.75, 3.05) is 13.7 Å². The summed E-state index contributed by atoms with van der Waals surface area (Å²) in [7, 11) is 1.46. The maximum atomic E-state index is 12.9. The summed E-state index contributed by atoms with van der Waals surface area (Å²) in [5, 5.41) is 0. The number of ether oxygens (including phenoxy) is 5. The molecule has 1 heterocycles. The van der Waals surface area contributed by atoms with Crippen molar-refractivity contribution in [1.29, 1.82) is 0 Å². The molecule has 1 fully saturated rings. The van der Waals surface area contributed by atoms with Crippen molar-refractivity contribution in [2.45, 2.75) is 31.0 Å². The standard InChI is InChI=1S/C28H26O8/c1-32-24-17-22(34-27(30)20-13-7-3-8-14-20)25(36-24)23(35-28(31)21-15-9-4-10-16-21)18-33-26(29)19-11-5-2-6-12-19/h2-16,22-25H,17-18H2,1H3/t22-,23-,24-,25-/m1/s1. The largest absolute Gasteiger partial charge is 0.458 e. The van der Waals surface area contributed by atoms with E-state index in [1.807, 2.05) is 0 Å². The van der Waals surface area contributed by atoms with E-state index in [9.17, 15) is 14.4 Å². The number of rotatable bonds is 9. The highest BCUT2D eigenvalue weighted by molar-refractivity contribution is 5.90. The lowest BCUT2D eigenvalue weighted by molar-refractivity contribution is -0.153. The molecule has 3 aromatic carbocycles. The fraction of sp³-hybridized carbons (Fsp3) is 0.250. The van der Waals surface area contributed by atoms with Crippen LogP contribution in [0.15, 0.2) is 91.0 Å². The van der Waals surface area contributed by atoms with Gasteiger partial charge in [-0.05, 0) is 36.4 Å². The van der Waals surface area contributed by atoms with Gasteiger partial charge < -0.3 is 23.7 Å². The number of carbonyl (C=O) groups excluding carboxylic acids is 3. The summed E-state index contributed by atoms with van der Waals surface area (Å²) in [5.41, 5.74) is 1.03. The molecule has 3 aromatic rings. The van der Waals surface area contributed by atoms with Crippen LogP contribution in [0.5, 0.6) is 0 Å². The molecule has 186 valence electrons. The highest BCUT2D eigenvalue weighted by Gasteiger charge is 2.45. The van der Waals surface area contributed by atoms with Crippen LogP contribution in [-0.4, -0.2) is 56.2 Å². The first-order chi connectivity index (χ1) is 17.5. The SMILES string of the molecule is CO[C@H]1C[C@@H](OC(=O)c2ccccc2)[C@H]([C@@H](COC(=O)c2ccccc2)OC(=O)c2ccccc2)O1. The molecule has 36 heavy (non-hydrogen) atoms. The van der Waals surface area contributed by atoms with E-state index in [2.05, 4.69) is 0 Å². The van der Waals surface area contributed by atoms with Crippen molar-refractivity contribution in [3.05, 3.63) is 108 Å². The van der Waals surface area contributed by atoms with Crippen molar-refractivity contribution < 1.29 is 38.1 Å². The fourth-order valence-corrected chi connectivity index (χ4v) is 3.81. The Hall–Kier alpha value is -4.01. The van der Waals surface area contributed by atoms with E-state index in [0.717, 1.165) is 0 Å². The van der Waals surface area contributed by atoms with Crippen molar-refractivity contribution in [1.82, 2.24) is 0 Å². The smallest absolute Gasteiger partial charge is 0.338 e. The summed E-state index contributed by atoms with van der Waals surface area (Å²) < 4.78 is 28.2. The van der Waals surface area contributed by atoms with Gasteiger partial charge in [0.2, 0.25) is 0 Å². The topological polar surface area (TPSA) is 97.4 Å². The van der Waals surface area contributed by atoms with Crippen LogP contribution in [0.2, 0.25) is 0 Å². The Bertz CT molecular complexity index is 1150. The van der Waals surface area contributed by atoms with E-state index >= 15 is 0 Å². The summed E-state index contributed by atoms with van der Waals surface area (Å²) in [4.78, 5) is 38.2. The third kappa shape index (κ3) is 6.35. The summed E-state index contributed by atoms with van der Waals surface area (Å²) in [6.45, 7) is -0.313. The minimum Gasteiger partial charge on any atom is -0.458 e. The van der Waals surface area contributed by atoms with Gasteiger partial charge in [-0.2, -0.15) is 0 Å². The molecule has 1 saturated heterocycles. The number of methoxy groups -OCH3 is 1. The van der Waals surface area contributed by atoms with Gasteiger partial charge in [0.1, 0.15) is 18.8 Å². The van der Waals surface area contributed by atoms with Crippen molar-refractivity contribution in [2.24, 2.45) is 0 Å². The van der Waals surface area contributed by atoms with Crippen LogP contribution in [-0.2, 0) is 23.7 Å². The second-order valence-corrected chi connectivity index (χ2v) is 8.09. The Balaban J connectivity index is 1.54. The summed E-state index contributed by atoms with van der Waals surface area (Å²) >= 11 is 0. The molecule has 0 N–H and O–H groups in total. The van der Waals surface area contributed by atoms with Gasteiger partial charge in [0.15, 0.2) is 12.4 Å².